The summed E-state index contributed by atoms with van der Waals surface area (Å²) in [6, 6.07) is 5.79. The van der Waals surface area contributed by atoms with Gasteiger partial charge in [-0.15, -0.1) is 0 Å². The van der Waals surface area contributed by atoms with Crippen LogP contribution in [0, 0.1) is 5.82 Å². The molecule has 3 rings (SSSR count). The van der Waals surface area contributed by atoms with Gasteiger partial charge < -0.3 is 14.4 Å². The molecule has 1 unspecified atom stereocenters. The van der Waals surface area contributed by atoms with E-state index in [1.807, 2.05) is 0 Å². The minimum atomic E-state index is -0.654. The first-order chi connectivity index (χ1) is 11.6. The molecule has 2 heterocycles. The van der Waals surface area contributed by atoms with Gasteiger partial charge in [0.15, 0.2) is 5.78 Å². The first-order valence-corrected chi connectivity index (χ1v) is 8.80. The average molecular weight is 398 g/mol. The summed E-state index contributed by atoms with van der Waals surface area (Å²) < 4.78 is 24.2. The third-order valence-electron chi connectivity index (χ3n) is 4.14. The fourth-order valence-corrected chi connectivity index (χ4v) is 3.21. The number of hydrogen-bond donors (Lipinski definition) is 0. The third kappa shape index (κ3) is 3.43. The Morgan fingerprint density at radius 3 is 2.50 bits per heavy atom. The van der Waals surface area contributed by atoms with Crippen LogP contribution >= 0.6 is 15.9 Å². The molecule has 128 valence electrons. The molecular weight excluding hydrogens is 381 g/mol. The van der Waals surface area contributed by atoms with E-state index in [9.17, 15) is 14.0 Å². The molecule has 7 heteroatoms. The smallest absolute Gasteiger partial charge is 0.253 e. The Bertz CT molecular complexity index is 668. The van der Waals surface area contributed by atoms with Crippen LogP contribution in [0.4, 0.5) is 4.39 Å². The summed E-state index contributed by atoms with van der Waals surface area (Å²) in [6.07, 6.45) is -0.654. The van der Waals surface area contributed by atoms with Crippen molar-refractivity contribution in [2.45, 2.75) is 6.10 Å². The van der Waals surface area contributed by atoms with Gasteiger partial charge in [0.25, 0.3) is 5.91 Å². The van der Waals surface area contributed by atoms with E-state index < -0.39 is 6.10 Å². The van der Waals surface area contributed by atoms with E-state index in [2.05, 4.69) is 15.9 Å². The van der Waals surface area contributed by atoms with Crippen LogP contribution < -0.4 is 0 Å². The van der Waals surface area contributed by atoms with Crippen molar-refractivity contribution in [3.63, 3.8) is 0 Å². The lowest BCUT2D eigenvalue weighted by atomic mass is 9.96. The molecule has 1 aromatic carbocycles. The van der Waals surface area contributed by atoms with Crippen molar-refractivity contribution >= 4 is 27.6 Å². The number of hydrogen-bond acceptors (Lipinski definition) is 4. The van der Waals surface area contributed by atoms with Crippen molar-refractivity contribution in [1.29, 1.82) is 0 Å². The van der Waals surface area contributed by atoms with Gasteiger partial charge in [0.2, 0.25) is 0 Å². The van der Waals surface area contributed by atoms with E-state index >= 15 is 0 Å². The summed E-state index contributed by atoms with van der Waals surface area (Å²) in [6.45, 7) is 1.99. The number of halogens is 2. The van der Waals surface area contributed by atoms with Crippen molar-refractivity contribution in [3.8, 4) is 0 Å². The lowest BCUT2D eigenvalue weighted by molar-refractivity contribution is -0.132. The minimum Gasteiger partial charge on any atom is -0.378 e. The van der Waals surface area contributed by atoms with Gasteiger partial charge in [0, 0.05) is 18.7 Å². The average Bonchev–Trinajstić information content (AvgIpc) is 3.06. The molecule has 0 spiro atoms. The van der Waals surface area contributed by atoms with Crippen molar-refractivity contribution in [3.05, 3.63) is 46.8 Å². The zero-order valence-corrected chi connectivity index (χ0v) is 14.6. The molecule has 1 amide bonds. The zero-order valence-electron chi connectivity index (χ0n) is 13.0. The number of carbonyl (C=O) groups excluding carboxylic acids is 2. The fraction of sp³-hybridized carbons (Fsp3) is 0.412. The van der Waals surface area contributed by atoms with Gasteiger partial charge in [0.1, 0.15) is 11.9 Å². The van der Waals surface area contributed by atoms with Gasteiger partial charge in [-0.1, -0.05) is 28.1 Å². The van der Waals surface area contributed by atoms with Crippen LogP contribution in [0.3, 0.4) is 0 Å². The fourth-order valence-electron chi connectivity index (χ4n) is 2.88. The second kappa shape index (κ2) is 7.55. The second-order valence-corrected chi connectivity index (χ2v) is 6.16. The Morgan fingerprint density at radius 1 is 1.21 bits per heavy atom. The number of rotatable bonds is 4. The Kier molecular flexibility index (Phi) is 5.43. The van der Waals surface area contributed by atoms with Gasteiger partial charge >= 0.3 is 0 Å². The lowest BCUT2D eigenvalue weighted by Crippen LogP contribution is -2.42. The second-order valence-electron chi connectivity index (χ2n) is 5.60. The van der Waals surface area contributed by atoms with E-state index in [1.165, 1.54) is 12.1 Å². The van der Waals surface area contributed by atoms with Gasteiger partial charge in [-0.25, -0.2) is 4.39 Å². The molecule has 24 heavy (non-hydrogen) atoms. The predicted molar refractivity (Wildman–Crippen MR) is 88.3 cm³/mol. The number of Topliss-reactive ketones (excluding diaryl/α,β-unsaturated/α-hetero) is 1. The molecule has 1 atom stereocenters. The number of ketones is 1. The SMILES string of the molecule is O=C(CBr)C1=C(C(=O)N2CCOCC2)C(c2ccc(F)cc2)OC1. The predicted octanol–water partition coefficient (Wildman–Crippen LogP) is 2.02. The quantitative estimate of drug-likeness (QED) is 0.729. The van der Waals surface area contributed by atoms with Crippen molar-refractivity contribution < 1.29 is 23.5 Å². The zero-order chi connectivity index (χ0) is 17.1. The topological polar surface area (TPSA) is 55.8 Å². The number of nitrogens with zero attached hydrogens (tertiary/aromatic N) is 1. The summed E-state index contributed by atoms with van der Waals surface area (Å²) >= 11 is 3.15. The molecule has 1 fully saturated rings. The highest BCUT2D eigenvalue weighted by Gasteiger charge is 2.37. The maximum Gasteiger partial charge on any atom is 0.253 e. The van der Waals surface area contributed by atoms with Gasteiger partial charge in [-0.05, 0) is 17.7 Å². The first-order valence-electron chi connectivity index (χ1n) is 7.68. The van der Waals surface area contributed by atoms with Gasteiger partial charge in [-0.3, -0.25) is 9.59 Å². The van der Waals surface area contributed by atoms with Gasteiger partial charge in [0.05, 0.1) is 30.7 Å². The molecule has 1 saturated heterocycles. The first kappa shape index (κ1) is 17.3. The summed E-state index contributed by atoms with van der Waals surface area (Å²) in [4.78, 5) is 26.8. The summed E-state index contributed by atoms with van der Waals surface area (Å²) in [5.41, 5.74) is 1.40. The summed E-state index contributed by atoms with van der Waals surface area (Å²) in [5.74, 6) is -0.746. The van der Waals surface area contributed by atoms with Crippen LogP contribution in [0.2, 0.25) is 0 Å². The molecule has 5 nitrogen and oxygen atoms in total. The largest absolute Gasteiger partial charge is 0.378 e. The summed E-state index contributed by atoms with van der Waals surface area (Å²) in [7, 11) is 0. The van der Waals surface area contributed by atoms with Crippen molar-refractivity contribution in [2.75, 3.05) is 38.2 Å². The molecule has 2 aliphatic heterocycles. The highest BCUT2D eigenvalue weighted by molar-refractivity contribution is 9.09. The number of alkyl halides is 1. The van der Waals surface area contributed by atoms with Crippen LogP contribution in [-0.2, 0) is 19.1 Å². The van der Waals surface area contributed by atoms with E-state index in [0.29, 0.717) is 43.0 Å². The molecule has 0 aliphatic carbocycles. The third-order valence-corrected chi connectivity index (χ3v) is 4.65. The lowest BCUT2D eigenvalue weighted by Gasteiger charge is -2.29. The monoisotopic (exact) mass is 397 g/mol. The maximum absolute atomic E-state index is 13.2. The van der Waals surface area contributed by atoms with Crippen molar-refractivity contribution in [2.24, 2.45) is 0 Å². The van der Waals surface area contributed by atoms with Crippen LogP contribution in [0.5, 0.6) is 0 Å². The Balaban J connectivity index is 1.96. The Labute approximate surface area is 147 Å². The van der Waals surface area contributed by atoms with E-state index in [0.717, 1.165) is 0 Å². The number of amides is 1. The number of ether oxygens (including phenoxy) is 2. The Morgan fingerprint density at radius 2 is 1.88 bits per heavy atom. The van der Waals surface area contributed by atoms with Crippen LogP contribution in [0.25, 0.3) is 0 Å². The highest BCUT2D eigenvalue weighted by Crippen LogP contribution is 2.36. The van der Waals surface area contributed by atoms with E-state index in [-0.39, 0.29) is 29.4 Å². The molecule has 0 aromatic heterocycles. The van der Waals surface area contributed by atoms with Crippen LogP contribution in [-0.4, -0.2) is 54.8 Å². The maximum atomic E-state index is 13.2. The summed E-state index contributed by atoms with van der Waals surface area (Å²) in [5, 5.41) is 0.127. The van der Waals surface area contributed by atoms with Gasteiger partial charge in [-0.2, -0.15) is 0 Å². The molecule has 0 bridgehead atoms. The van der Waals surface area contributed by atoms with E-state index in [4.69, 9.17) is 9.47 Å². The van der Waals surface area contributed by atoms with E-state index in [1.54, 1.807) is 17.0 Å². The molecule has 1 aromatic rings. The standard InChI is InChI=1S/C17H17BrFNO4/c18-9-14(21)13-10-24-16(11-1-3-12(19)4-2-11)15(13)17(22)20-5-7-23-8-6-20/h1-4,16H,5-10H2. The minimum absolute atomic E-state index is 0.0812. The number of morpholine rings is 1. The molecule has 2 aliphatic rings. The highest BCUT2D eigenvalue weighted by atomic mass is 79.9. The number of carbonyl (C=O) groups is 2. The molecule has 0 saturated carbocycles. The molecule has 0 N–H and O–H groups in total. The molecule has 0 radical (unpaired) electrons. The number of benzene rings is 1. The van der Waals surface area contributed by atoms with Crippen molar-refractivity contribution in [1.82, 2.24) is 4.90 Å². The Hall–Kier alpha value is -1.57. The van der Waals surface area contributed by atoms with Crippen LogP contribution in [0.15, 0.2) is 35.4 Å². The van der Waals surface area contributed by atoms with Crippen LogP contribution in [0.1, 0.15) is 11.7 Å². The molecular formula is C17H17BrFNO4. The normalized spacial score (nSPS) is 21.2.